The predicted octanol–water partition coefficient (Wildman–Crippen LogP) is 4.41. The Kier molecular flexibility index (Phi) is 4.84. The van der Waals surface area contributed by atoms with Gasteiger partial charge < -0.3 is 15.5 Å². The molecule has 3 amide bonds. The van der Waals surface area contributed by atoms with Crippen LogP contribution in [0.3, 0.4) is 0 Å². The van der Waals surface area contributed by atoms with Crippen molar-refractivity contribution >= 4 is 17.6 Å². The third-order valence-corrected chi connectivity index (χ3v) is 6.02. The number of carbonyl (C=O) groups excluding carboxylic acids is 2. The molecular formula is C23H27N3O2. The molecule has 1 fully saturated rings. The number of hydrogen-bond donors (Lipinski definition) is 2. The smallest absolute Gasteiger partial charge is 0.318 e. The highest BCUT2D eigenvalue weighted by atomic mass is 16.2. The molecule has 0 bridgehead atoms. The van der Waals surface area contributed by atoms with Crippen LogP contribution in [0.1, 0.15) is 59.7 Å². The molecule has 4 rings (SSSR count). The molecule has 2 atom stereocenters. The summed E-state index contributed by atoms with van der Waals surface area (Å²) in [4.78, 5) is 26.5. The van der Waals surface area contributed by atoms with Crippen LogP contribution in [-0.4, -0.2) is 23.4 Å². The zero-order valence-corrected chi connectivity index (χ0v) is 16.7. The van der Waals surface area contributed by atoms with Gasteiger partial charge in [0.25, 0.3) is 0 Å². The monoisotopic (exact) mass is 377 g/mol. The molecule has 5 nitrogen and oxygen atoms in total. The summed E-state index contributed by atoms with van der Waals surface area (Å²) in [5.41, 5.74) is 6.64. The van der Waals surface area contributed by atoms with Crippen LogP contribution in [0, 0.1) is 13.8 Å². The number of fused-ring (bicyclic) bond motifs is 1. The van der Waals surface area contributed by atoms with Crippen molar-refractivity contribution in [2.75, 3.05) is 11.9 Å². The van der Waals surface area contributed by atoms with E-state index in [1.54, 1.807) is 0 Å². The van der Waals surface area contributed by atoms with E-state index in [2.05, 4.69) is 42.7 Å². The highest BCUT2D eigenvalue weighted by Gasteiger charge is 2.31. The van der Waals surface area contributed by atoms with Crippen molar-refractivity contribution in [3.05, 3.63) is 64.2 Å². The Morgan fingerprint density at radius 1 is 1.18 bits per heavy atom. The van der Waals surface area contributed by atoms with Crippen molar-refractivity contribution in [1.29, 1.82) is 0 Å². The SMILES string of the molecule is Cc1ccc([C@@H]2CCCN2C(=O)N[C@@H](C)c2ccc3c(c2)CC(=O)N3)cc1C. The third-order valence-electron chi connectivity index (χ3n) is 6.02. The van der Waals surface area contributed by atoms with E-state index in [4.69, 9.17) is 0 Å². The fraction of sp³-hybridized carbons (Fsp3) is 0.391. The van der Waals surface area contributed by atoms with Crippen LogP contribution in [-0.2, 0) is 11.2 Å². The molecule has 28 heavy (non-hydrogen) atoms. The number of carbonyl (C=O) groups is 2. The molecule has 2 N–H and O–H groups in total. The summed E-state index contributed by atoms with van der Waals surface area (Å²) in [6.07, 6.45) is 2.42. The lowest BCUT2D eigenvalue weighted by atomic mass is 9.99. The van der Waals surface area contributed by atoms with Gasteiger partial charge in [-0.15, -0.1) is 0 Å². The largest absolute Gasteiger partial charge is 0.331 e. The average Bonchev–Trinajstić information content (AvgIpc) is 3.28. The van der Waals surface area contributed by atoms with Crippen LogP contribution in [0.15, 0.2) is 36.4 Å². The Hall–Kier alpha value is -2.82. The van der Waals surface area contributed by atoms with Crippen molar-refractivity contribution in [2.45, 2.75) is 52.1 Å². The molecule has 0 aliphatic carbocycles. The number of amides is 3. The number of nitrogens with zero attached hydrogens (tertiary/aromatic N) is 1. The molecular weight excluding hydrogens is 350 g/mol. The van der Waals surface area contributed by atoms with Gasteiger partial charge in [0.2, 0.25) is 5.91 Å². The molecule has 2 aromatic rings. The zero-order valence-electron chi connectivity index (χ0n) is 16.7. The number of rotatable bonds is 3. The Morgan fingerprint density at radius 2 is 2.00 bits per heavy atom. The van der Waals surface area contributed by atoms with E-state index in [0.717, 1.165) is 36.2 Å². The van der Waals surface area contributed by atoms with Crippen molar-refractivity contribution in [3.63, 3.8) is 0 Å². The lowest BCUT2D eigenvalue weighted by Gasteiger charge is -2.28. The summed E-state index contributed by atoms with van der Waals surface area (Å²) in [7, 11) is 0. The lowest BCUT2D eigenvalue weighted by molar-refractivity contribution is -0.115. The van der Waals surface area contributed by atoms with Gasteiger partial charge in [0.15, 0.2) is 0 Å². The van der Waals surface area contributed by atoms with E-state index < -0.39 is 0 Å². The Morgan fingerprint density at radius 3 is 2.79 bits per heavy atom. The van der Waals surface area contributed by atoms with Crippen molar-refractivity contribution < 1.29 is 9.59 Å². The van der Waals surface area contributed by atoms with Gasteiger partial charge in [-0.25, -0.2) is 4.79 Å². The molecule has 0 unspecified atom stereocenters. The van der Waals surface area contributed by atoms with Crippen LogP contribution < -0.4 is 10.6 Å². The van der Waals surface area contributed by atoms with Gasteiger partial charge in [-0.05, 0) is 67.5 Å². The first-order chi connectivity index (χ1) is 13.4. The second-order valence-corrected chi connectivity index (χ2v) is 8.01. The van der Waals surface area contributed by atoms with Crippen LogP contribution in [0.25, 0.3) is 0 Å². The van der Waals surface area contributed by atoms with E-state index in [0.29, 0.717) is 6.42 Å². The number of nitrogens with one attached hydrogen (secondary N) is 2. The zero-order chi connectivity index (χ0) is 19.8. The standard InChI is InChI=1S/C23H27N3O2/c1-14-6-7-18(11-15(14)2)21-5-4-10-26(21)23(28)24-16(3)17-8-9-20-19(12-17)13-22(27)25-20/h6-9,11-12,16,21H,4-5,10,13H2,1-3H3,(H,24,28)(H,25,27)/t16-,21-/m0/s1. The molecule has 2 heterocycles. The molecule has 5 heteroatoms. The minimum atomic E-state index is -0.116. The minimum Gasteiger partial charge on any atom is -0.331 e. The van der Waals surface area contributed by atoms with Gasteiger partial charge in [0, 0.05) is 12.2 Å². The summed E-state index contributed by atoms with van der Waals surface area (Å²) in [6, 6.07) is 12.4. The number of anilines is 1. The highest BCUT2D eigenvalue weighted by Crippen LogP contribution is 2.33. The first kappa shape index (κ1) is 18.5. The first-order valence-electron chi connectivity index (χ1n) is 9.99. The maximum atomic E-state index is 13.0. The molecule has 0 radical (unpaired) electrons. The molecule has 2 aromatic carbocycles. The minimum absolute atomic E-state index is 0.0251. The van der Waals surface area contributed by atoms with Crippen LogP contribution >= 0.6 is 0 Å². The Bertz CT molecular complexity index is 937. The summed E-state index contributed by atoms with van der Waals surface area (Å²) in [5.74, 6) is 0.0251. The van der Waals surface area contributed by atoms with Crippen molar-refractivity contribution in [2.24, 2.45) is 0 Å². The second kappa shape index (κ2) is 7.30. The second-order valence-electron chi connectivity index (χ2n) is 8.01. The number of hydrogen-bond acceptors (Lipinski definition) is 2. The van der Waals surface area contributed by atoms with Gasteiger partial charge in [-0.2, -0.15) is 0 Å². The van der Waals surface area contributed by atoms with Gasteiger partial charge >= 0.3 is 6.03 Å². The van der Waals surface area contributed by atoms with E-state index in [1.165, 1.54) is 16.7 Å². The fourth-order valence-corrected chi connectivity index (χ4v) is 4.20. The normalized spacial score (nSPS) is 19.3. The molecule has 1 saturated heterocycles. The summed E-state index contributed by atoms with van der Waals surface area (Å²) in [6.45, 7) is 7.00. The fourth-order valence-electron chi connectivity index (χ4n) is 4.20. The average molecular weight is 377 g/mol. The van der Waals surface area contributed by atoms with Gasteiger partial charge in [0.1, 0.15) is 0 Å². The van der Waals surface area contributed by atoms with Gasteiger partial charge in [-0.1, -0.05) is 30.3 Å². The van der Waals surface area contributed by atoms with Crippen molar-refractivity contribution in [3.8, 4) is 0 Å². The molecule has 0 spiro atoms. The number of aryl methyl sites for hydroxylation is 2. The first-order valence-corrected chi connectivity index (χ1v) is 9.99. The maximum Gasteiger partial charge on any atom is 0.318 e. The Balaban J connectivity index is 1.47. The third kappa shape index (κ3) is 3.49. The summed E-state index contributed by atoms with van der Waals surface area (Å²) >= 11 is 0. The van der Waals surface area contributed by atoms with Crippen LogP contribution in [0.4, 0.5) is 10.5 Å². The van der Waals surface area contributed by atoms with Crippen LogP contribution in [0.2, 0.25) is 0 Å². The van der Waals surface area contributed by atoms with E-state index in [-0.39, 0.29) is 24.0 Å². The lowest BCUT2D eigenvalue weighted by Crippen LogP contribution is -2.40. The quantitative estimate of drug-likeness (QED) is 0.832. The van der Waals surface area contributed by atoms with Gasteiger partial charge in [-0.3, -0.25) is 4.79 Å². The summed E-state index contributed by atoms with van der Waals surface area (Å²) in [5, 5.41) is 5.99. The van der Waals surface area contributed by atoms with Crippen molar-refractivity contribution in [1.82, 2.24) is 10.2 Å². The maximum absolute atomic E-state index is 13.0. The highest BCUT2D eigenvalue weighted by molar-refractivity contribution is 5.99. The van der Waals surface area contributed by atoms with E-state index in [1.807, 2.05) is 30.0 Å². The molecule has 2 aliphatic rings. The Labute approximate surface area is 166 Å². The van der Waals surface area contributed by atoms with Crippen LogP contribution in [0.5, 0.6) is 0 Å². The summed E-state index contributed by atoms with van der Waals surface area (Å²) < 4.78 is 0. The molecule has 0 aromatic heterocycles. The van der Waals surface area contributed by atoms with E-state index in [9.17, 15) is 9.59 Å². The number of benzene rings is 2. The molecule has 2 aliphatic heterocycles. The number of urea groups is 1. The van der Waals surface area contributed by atoms with Gasteiger partial charge in [0.05, 0.1) is 18.5 Å². The number of likely N-dealkylation sites (tertiary alicyclic amines) is 1. The topological polar surface area (TPSA) is 61.4 Å². The molecule has 0 saturated carbocycles. The van der Waals surface area contributed by atoms with E-state index >= 15 is 0 Å². The molecule has 146 valence electrons. The predicted molar refractivity (Wildman–Crippen MR) is 110 cm³/mol.